The van der Waals surface area contributed by atoms with Crippen molar-refractivity contribution in [1.82, 2.24) is 9.55 Å². The summed E-state index contributed by atoms with van der Waals surface area (Å²) < 4.78 is 6.38. The van der Waals surface area contributed by atoms with E-state index >= 15 is 0 Å². The van der Waals surface area contributed by atoms with Crippen LogP contribution in [0.15, 0.2) is 17.2 Å². The van der Waals surface area contributed by atoms with E-state index in [2.05, 4.69) is 10.3 Å². The first kappa shape index (κ1) is 10.7. The molecule has 0 aliphatic rings. The van der Waals surface area contributed by atoms with E-state index in [1.54, 1.807) is 26.6 Å². The zero-order valence-electron chi connectivity index (χ0n) is 8.49. The van der Waals surface area contributed by atoms with E-state index in [0.717, 1.165) is 6.42 Å². The molecule has 0 bridgehead atoms. The monoisotopic (exact) mass is 197 g/mol. The number of hydrogen-bond acceptors (Lipinski definition) is 4. The van der Waals surface area contributed by atoms with Crippen LogP contribution in [0.25, 0.3) is 0 Å². The van der Waals surface area contributed by atoms with Crippen LogP contribution >= 0.6 is 0 Å². The Kier molecular flexibility index (Phi) is 4.12. The van der Waals surface area contributed by atoms with Gasteiger partial charge in [0, 0.05) is 39.7 Å². The van der Waals surface area contributed by atoms with E-state index < -0.39 is 0 Å². The maximum atomic E-state index is 11.4. The van der Waals surface area contributed by atoms with Crippen molar-refractivity contribution in [2.75, 3.05) is 25.6 Å². The summed E-state index contributed by atoms with van der Waals surface area (Å²) in [6, 6.07) is 0. The van der Waals surface area contributed by atoms with E-state index in [0.29, 0.717) is 19.0 Å². The fourth-order valence-electron chi connectivity index (χ4n) is 1.04. The van der Waals surface area contributed by atoms with Crippen LogP contribution in [0.3, 0.4) is 0 Å². The predicted octanol–water partition coefficient (Wildman–Crippen LogP) is 0.229. The summed E-state index contributed by atoms with van der Waals surface area (Å²) in [7, 11) is 3.35. The largest absolute Gasteiger partial charge is 0.385 e. The number of methoxy groups -OCH3 is 1. The van der Waals surface area contributed by atoms with E-state index in [4.69, 9.17) is 4.74 Å². The van der Waals surface area contributed by atoms with E-state index in [1.807, 2.05) is 0 Å². The van der Waals surface area contributed by atoms with Gasteiger partial charge in [-0.05, 0) is 6.42 Å². The molecule has 14 heavy (non-hydrogen) atoms. The normalized spacial score (nSPS) is 10.1. The maximum absolute atomic E-state index is 11.4. The van der Waals surface area contributed by atoms with Crippen molar-refractivity contribution in [2.45, 2.75) is 6.42 Å². The fraction of sp³-hybridized carbons (Fsp3) is 0.556. The molecule has 1 heterocycles. The molecule has 78 valence electrons. The number of aryl methyl sites for hydroxylation is 1. The van der Waals surface area contributed by atoms with Crippen molar-refractivity contribution in [3.05, 3.63) is 22.7 Å². The molecule has 1 aromatic rings. The number of anilines is 1. The number of aromatic nitrogens is 2. The molecule has 0 saturated carbocycles. The van der Waals surface area contributed by atoms with Crippen LogP contribution in [0.4, 0.5) is 5.82 Å². The molecule has 0 unspecified atom stereocenters. The zero-order chi connectivity index (χ0) is 10.4. The Balaban J connectivity index is 2.51. The molecule has 0 aliphatic carbocycles. The average molecular weight is 197 g/mol. The van der Waals surface area contributed by atoms with Gasteiger partial charge in [0.2, 0.25) is 0 Å². The molecule has 5 heteroatoms. The highest BCUT2D eigenvalue weighted by Gasteiger charge is 1.99. The molecule has 0 amide bonds. The Morgan fingerprint density at radius 1 is 1.64 bits per heavy atom. The van der Waals surface area contributed by atoms with Crippen LogP contribution < -0.4 is 10.9 Å². The van der Waals surface area contributed by atoms with Crippen LogP contribution in [-0.4, -0.2) is 29.8 Å². The van der Waals surface area contributed by atoms with Gasteiger partial charge in [-0.25, -0.2) is 4.98 Å². The highest BCUT2D eigenvalue weighted by molar-refractivity contribution is 5.30. The third kappa shape index (κ3) is 2.85. The third-order valence-electron chi connectivity index (χ3n) is 1.83. The lowest BCUT2D eigenvalue weighted by atomic mass is 10.4. The summed E-state index contributed by atoms with van der Waals surface area (Å²) in [6.45, 7) is 1.38. The maximum Gasteiger partial charge on any atom is 0.293 e. The molecule has 0 aliphatic heterocycles. The lowest BCUT2D eigenvalue weighted by Crippen LogP contribution is -2.22. The van der Waals surface area contributed by atoms with Crippen molar-refractivity contribution in [3.63, 3.8) is 0 Å². The molecular weight excluding hydrogens is 182 g/mol. The summed E-state index contributed by atoms with van der Waals surface area (Å²) >= 11 is 0. The zero-order valence-corrected chi connectivity index (χ0v) is 8.49. The van der Waals surface area contributed by atoms with Crippen molar-refractivity contribution < 1.29 is 4.74 Å². The SMILES string of the molecule is COCCCNc1nccn(C)c1=O. The van der Waals surface area contributed by atoms with E-state index in [-0.39, 0.29) is 5.56 Å². The highest BCUT2D eigenvalue weighted by Crippen LogP contribution is 1.91. The summed E-state index contributed by atoms with van der Waals surface area (Å²) in [4.78, 5) is 15.4. The Morgan fingerprint density at radius 2 is 2.43 bits per heavy atom. The van der Waals surface area contributed by atoms with Crippen LogP contribution in [0.2, 0.25) is 0 Å². The average Bonchev–Trinajstić information content (AvgIpc) is 2.19. The minimum Gasteiger partial charge on any atom is -0.385 e. The first-order valence-electron chi connectivity index (χ1n) is 4.50. The van der Waals surface area contributed by atoms with Crippen LogP contribution in [0, 0.1) is 0 Å². The molecule has 0 atom stereocenters. The van der Waals surface area contributed by atoms with Crippen LogP contribution in [0.5, 0.6) is 0 Å². The Bertz CT molecular complexity index is 335. The second kappa shape index (κ2) is 5.39. The number of nitrogens with zero attached hydrogens (tertiary/aromatic N) is 2. The summed E-state index contributed by atoms with van der Waals surface area (Å²) in [5.74, 6) is 0.395. The molecule has 1 aromatic heterocycles. The lowest BCUT2D eigenvalue weighted by Gasteiger charge is -2.04. The van der Waals surface area contributed by atoms with Crippen molar-refractivity contribution in [2.24, 2.45) is 7.05 Å². The molecule has 0 radical (unpaired) electrons. The van der Waals surface area contributed by atoms with Gasteiger partial charge in [0.25, 0.3) is 5.56 Å². The minimum atomic E-state index is -0.107. The molecule has 0 saturated heterocycles. The first-order chi connectivity index (χ1) is 6.75. The minimum absolute atomic E-state index is 0.107. The lowest BCUT2D eigenvalue weighted by molar-refractivity contribution is 0.197. The van der Waals surface area contributed by atoms with Gasteiger partial charge in [0.1, 0.15) is 0 Å². The van der Waals surface area contributed by atoms with Gasteiger partial charge in [-0.2, -0.15) is 0 Å². The topological polar surface area (TPSA) is 56.1 Å². The highest BCUT2D eigenvalue weighted by atomic mass is 16.5. The second-order valence-corrected chi connectivity index (χ2v) is 2.97. The quantitative estimate of drug-likeness (QED) is 0.686. The first-order valence-corrected chi connectivity index (χ1v) is 4.50. The Morgan fingerprint density at radius 3 is 3.14 bits per heavy atom. The van der Waals surface area contributed by atoms with Crippen molar-refractivity contribution in [3.8, 4) is 0 Å². The Labute approximate surface area is 82.7 Å². The van der Waals surface area contributed by atoms with Gasteiger partial charge < -0.3 is 14.6 Å². The predicted molar refractivity (Wildman–Crippen MR) is 54.5 cm³/mol. The summed E-state index contributed by atoms with van der Waals surface area (Å²) in [6.07, 6.45) is 4.08. The van der Waals surface area contributed by atoms with E-state index in [9.17, 15) is 4.79 Å². The van der Waals surface area contributed by atoms with Crippen molar-refractivity contribution >= 4 is 5.82 Å². The van der Waals surface area contributed by atoms with Crippen LogP contribution in [0.1, 0.15) is 6.42 Å². The molecule has 5 nitrogen and oxygen atoms in total. The molecular formula is C9H15N3O2. The van der Waals surface area contributed by atoms with E-state index in [1.165, 1.54) is 4.57 Å². The van der Waals surface area contributed by atoms with Gasteiger partial charge >= 0.3 is 0 Å². The summed E-state index contributed by atoms with van der Waals surface area (Å²) in [5.41, 5.74) is -0.107. The number of rotatable bonds is 5. The Hall–Kier alpha value is -1.36. The van der Waals surface area contributed by atoms with Gasteiger partial charge in [-0.3, -0.25) is 4.79 Å². The van der Waals surface area contributed by atoms with Gasteiger partial charge in [-0.1, -0.05) is 0 Å². The molecule has 0 fully saturated rings. The number of nitrogens with one attached hydrogen (secondary N) is 1. The summed E-state index contributed by atoms with van der Waals surface area (Å²) in [5, 5.41) is 2.96. The van der Waals surface area contributed by atoms with Gasteiger partial charge in [-0.15, -0.1) is 0 Å². The fourth-order valence-corrected chi connectivity index (χ4v) is 1.04. The smallest absolute Gasteiger partial charge is 0.293 e. The second-order valence-electron chi connectivity index (χ2n) is 2.97. The molecule has 0 aromatic carbocycles. The van der Waals surface area contributed by atoms with Crippen molar-refractivity contribution in [1.29, 1.82) is 0 Å². The number of hydrogen-bond donors (Lipinski definition) is 1. The van der Waals surface area contributed by atoms with Gasteiger partial charge in [0.05, 0.1) is 0 Å². The van der Waals surface area contributed by atoms with Gasteiger partial charge in [0.15, 0.2) is 5.82 Å². The molecule has 0 spiro atoms. The molecule has 1 rings (SSSR count). The number of ether oxygens (including phenoxy) is 1. The van der Waals surface area contributed by atoms with Crippen LogP contribution in [-0.2, 0) is 11.8 Å². The standard InChI is InChI=1S/C9H15N3O2/c1-12-6-5-11-8(9(12)13)10-4-3-7-14-2/h5-6H,3-4,7H2,1-2H3,(H,10,11). The third-order valence-corrected chi connectivity index (χ3v) is 1.83. The molecule has 1 N–H and O–H groups in total.